The molecule has 2 aromatic rings. The van der Waals surface area contributed by atoms with Crippen LogP contribution in [0, 0.1) is 0 Å². The molecule has 3 N–H and O–H groups in total. The molecule has 1 aromatic heterocycles. The van der Waals surface area contributed by atoms with Crippen LogP contribution in [0.15, 0.2) is 59.0 Å². The van der Waals surface area contributed by atoms with Crippen molar-refractivity contribution in [3.63, 3.8) is 0 Å². The number of anilines is 1. The van der Waals surface area contributed by atoms with Gasteiger partial charge in [-0.2, -0.15) is 4.98 Å². The Hall–Kier alpha value is -2.54. The Balaban J connectivity index is 2.01. The second-order valence-corrected chi connectivity index (χ2v) is 6.13. The molecule has 0 aliphatic heterocycles. The molecule has 126 valence electrons. The Morgan fingerprint density at radius 2 is 2.17 bits per heavy atom. The van der Waals surface area contributed by atoms with Gasteiger partial charge in [-0.15, -0.1) is 6.58 Å². The van der Waals surface area contributed by atoms with Crippen LogP contribution in [-0.4, -0.2) is 21.2 Å². The van der Waals surface area contributed by atoms with Crippen molar-refractivity contribution in [2.24, 2.45) is 0 Å². The van der Waals surface area contributed by atoms with Crippen molar-refractivity contribution < 1.29 is 4.79 Å². The number of nitrogens with one attached hydrogen (secondary N) is 1. The van der Waals surface area contributed by atoms with Crippen LogP contribution in [0.25, 0.3) is 0 Å². The zero-order chi connectivity index (χ0) is 17.5. The van der Waals surface area contributed by atoms with Gasteiger partial charge in [0.15, 0.2) is 5.16 Å². The molecule has 0 aliphatic rings. The maximum absolute atomic E-state index is 12.1. The van der Waals surface area contributed by atoms with Crippen LogP contribution in [0.5, 0.6) is 0 Å². The second kappa shape index (κ2) is 8.35. The van der Waals surface area contributed by atoms with E-state index in [2.05, 4.69) is 16.9 Å². The average molecular weight is 344 g/mol. The zero-order valence-electron chi connectivity index (χ0n) is 13.4. The van der Waals surface area contributed by atoms with Gasteiger partial charge in [-0.05, 0) is 12.5 Å². The highest BCUT2D eigenvalue weighted by atomic mass is 32.2. The summed E-state index contributed by atoms with van der Waals surface area (Å²) in [6.07, 6.45) is 1.66. The lowest BCUT2D eigenvalue weighted by Gasteiger charge is -2.15. The number of thioether (sulfide) groups is 1. The van der Waals surface area contributed by atoms with Crippen molar-refractivity contribution in [1.29, 1.82) is 0 Å². The SMILES string of the molecule is C=CCn1c(N)cc(=O)nc1SCC(=O)N[C@@H](C)c1ccccc1. The van der Waals surface area contributed by atoms with Gasteiger partial charge in [-0.25, -0.2) is 0 Å². The summed E-state index contributed by atoms with van der Waals surface area (Å²) in [6, 6.07) is 10.9. The molecule has 0 saturated carbocycles. The first-order valence-corrected chi connectivity index (χ1v) is 8.45. The average Bonchev–Trinajstić information content (AvgIpc) is 2.56. The lowest BCUT2D eigenvalue weighted by molar-refractivity contribution is -0.119. The molecule has 0 aliphatic carbocycles. The summed E-state index contributed by atoms with van der Waals surface area (Å²) in [4.78, 5) is 27.6. The Morgan fingerprint density at radius 3 is 2.83 bits per heavy atom. The summed E-state index contributed by atoms with van der Waals surface area (Å²) in [5.41, 5.74) is 6.44. The van der Waals surface area contributed by atoms with Crippen LogP contribution >= 0.6 is 11.8 Å². The zero-order valence-corrected chi connectivity index (χ0v) is 14.3. The molecule has 24 heavy (non-hydrogen) atoms. The molecule has 0 unspecified atom stereocenters. The number of hydrogen-bond acceptors (Lipinski definition) is 5. The van der Waals surface area contributed by atoms with E-state index in [0.717, 1.165) is 5.56 Å². The number of amides is 1. The largest absolute Gasteiger partial charge is 0.385 e. The predicted octanol–water partition coefficient (Wildman–Crippen LogP) is 1.98. The predicted molar refractivity (Wildman–Crippen MR) is 96.8 cm³/mol. The van der Waals surface area contributed by atoms with Gasteiger partial charge in [0, 0.05) is 12.6 Å². The van der Waals surface area contributed by atoms with Gasteiger partial charge >= 0.3 is 0 Å². The second-order valence-electron chi connectivity index (χ2n) is 5.19. The van der Waals surface area contributed by atoms with Gasteiger partial charge in [0.2, 0.25) is 5.91 Å². The van der Waals surface area contributed by atoms with Crippen LogP contribution in [0.3, 0.4) is 0 Å². The number of carbonyl (C=O) groups excluding carboxylic acids is 1. The van der Waals surface area contributed by atoms with E-state index >= 15 is 0 Å². The third-order valence-electron chi connectivity index (χ3n) is 3.34. The molecular formula is C17H20N4O2S. The van der Waals surface area contributed by atoms with Crippen molar-refractivity contribution in [2.45, 2.75) is 24.7 Å². The van der Waals surface area contributed by atoms with Gasteiger partial charge < -0.3 is 15.6 Å². The minimum absolute atomic E-state index is 0.0940. The number of nitrogens with zero attached hydrogens (tertiary/aromatic N) is 2. The molecule has 2 rings (SSSR count). The Kier molecular flexibility index (Phi) is 6.20. The third kappa shape index (κ3) is 4.73. The van der Waals surface area contributed by atoms with Crippen molar-refractivity contribution in [3.8, 4) is 0 Å². The van der Waals surface area contributed by atoms with E-state index in [1.165, 1.54) is 17.8 Å². The molecule has 0 radical (unpaired) electrons. The molecule has 7 heteroatoms. The van der Waals surface area contributed by atoms with Gasteiger partial charge in [0.25, 0.3) is 5.56 Å². The number of nitrogens with two attached hydrogens (primary N) is 1. The number of benzene rings is 1. The lowest BCUT2D eigenvalue weighted by atomic mass is 10.1. The van der Waals surface area contributed by atoms with Crippen LogP contribution < -0.4 is 16.6 Å². The molecule has 1 aromatic carbocycles. The highest BCUT2D eigenvalue weighted by molar-refractivity contribution is 7.99. The van der Waals surface area contributed by atoms with E-state index in [9.17, 15) is 9.59 Å². The van der Waals surface area contributed by atoms with Crippen molar-refractivity contribution >= 4 is 23.5 Å². The summed E-state index contributed by atoms with van der Waals surface area (Å²) >= 11 is 1.17. The first kappa shape index (κ1) is 17.8. The Labute approximate surface area is 144 Å². The number of aromatic nitrogens is 2. The summed E-state index contributed by atoms with van der Waals surface area (Å²) in [5, 5.41) is 3.33. The molecule has 0 saturated heterocycles. The normalized spacial score (nSPS) is 11.7. The first-order chi connectivity index (χ1) is 11.5. The molecule has 1 heterocycles. The summed E-state index contributed by atoms with van der Waals surface area (Å²) in [7, 11) is 0. The third-order valence-corrected chi connectivity index (χ3v) is 4.32. The van der Waals surface area contributed by atoms with Gasteiger partial charge in [0.05, 0.1) is 11.8 Å². The fourth-order valence-electron chi connectivity index (χ4n) is 2.16. The first-order valence-electron chi connectivity index (χ1n) is 7.46. The van der Waals surface area contributed by atoms with Gasteiger partial charge in [-0.3, -0.25) is 9.59 Å². The van der Waals surface area contributed by atoms with Crippen LogP contribution in [-0.2, 0) is 11.3 Å². The number of carbonyl (C=O) groups is 1. The summed E-state index contributed by atoms with van der Waals surface area (Å²) < 4.78 is 1.65. The molecule has 1 atom stereocenters. The number of allylic oxidation sites excluding steroid dienone is 1. The maximum Gasteiger partial charge on any atom is 0.275 e. The molecule has 1 amide bonds. The van der Waals surface area contributed by atoms with Crippen molar-refractivity contribution in [1.82, 2.24) is 14.9 Å². The molecule has 0 fully saturated rings. The van der Waals surface area contributed by atoms with Gasteiger partial charge in [-0.1, -0.05) is 48.2 Å². The van der Waals surface area contributed by atoms with E-state index in [4.69, 9.17) is 5.73 Å². The quantitative estimate of drug-likeness (QED) is 0.455. The highest BCUT2D eigenvalue weighted by Crippen LogP contribution is 2.18. The summed E-state index contributed by atoms with van der Waals surface area (Å²) in [6.45, 7) is 6.00. The van der Waals surface area contributed by atoms with E-state index < -0.39 is 5.56 Å². The topological polar surface area (TPSA) is 90.0 Å². The van der Waals surface area contributed by atoms with Gasteiger partial charge in [0.1, 0.15) is 5.82 Å². The number of nitrogen functional groups attached to an aromatic ring is 1. The maximum atomic E-state index is 12.1. The minimum Gasteiger partial charge on any atom is -0.385 e. The molecule has 0 spiro atoms. The molecular weight excluding hydrogens is 324 g/mol. The number of rotatable bonds is 7. The monoisotopic (exact) mass is 344 g/mol. The highest BCUT2D eigenvalue weighted by Gasteiger charge is 2.12. The standard InChI is InChI=1S/C17H20N4O2S/c1-3-9-21-14(18)10-15(22)20-17(21)24-11-16(23)19-12(2)13-7-5-4-6-8-13/h3-8,10,12H,1,9,11,18H2,2H3,(H,19,23)/t12-/m0/s1. The van der Waals surface area contributed by atoms with E-state index in [0.29, 0.717) is 17.5 Å². The summed E-state index contributed by atoms with van der Waals surface area (Å²) in [5.74, 6) is 0.304. The number of hydrogen-bond donors (Lipinski definition) is 2. The Bertz CT molecular complexity index is 774. The van der Waals surface area contributed by atoms with Crippen LogP contribution in [0.2, 0.25) is 0 Å². The van der Waals surface area contributed by atoms with E-state index in [1.807, 2.05) is 37.3 Å². The van der Waals surface area contributed by atoms with Crippen LogP contribution in [0.1, 0.15) is 18.5 Å². The smallest absolute Gasteiger partial charge is 0.275 e. The molecule has 6 nitrogen and oxygen atoms in total. The Morgan fingerprint density at radius 1 is 1.46 bits per heavy atom. The van der Waals surface area contributed by atoms with E-state index in [1.54, 1.807) is 10.6 Å². The van der Waals surface area contributed by atoms with Crippen LogP contribution in [0.4, 0.5) is 5.82 Å². The lowest BCUT2D eigenvalue weighted by Crippen LogP contribution is -2.28. The minimum atomic E-state index is -0.423. The molecule has 0 bridgehead atoms. The fraction of sp³-hybridized carbons (Fsp3) is 0.235. The van der Waals surface area contributed by atoms with Crippen molar-refractivity contribution in [3.05, 3.63) is 65.0 Å². The van der Waals surface area contributed by atoms with Crippen molar-refractivity contribution in [2.75, 3.05) is 11.5 Å². The van der Waals surface area contributed by atoms with E-state index in [-0.39, 0.29) is 17.7 Å². The fourth-order valence-corrected chi connectivity index (χ4v) is 3.00.